The van der Waals surface area contributed by atoms with Gasteiger partial charge in [-0.05, 0) is 131 Å². The molecule has 0 spiro atoms. The van der Waals surface area contributed by atoms with Crippen LogP contribution in [0.5, 0.6) is 0 Å². The molecule has 0 radical (unpaired) electrons. The zero-order valence-electron chi connectivity index (χ0n) is 38.1. The molecule has 0 fully saturated rings. The van der Waals surface area contributed by atoms with Crippen LogP contribution in [0.3, 0.4) is 0 Å². The molecule has 0 saturated carbocycles. The van der Waals surface area contributed by atoms with E-state index >= 15 is 0 Å². The molecular formula is C62H50BN3S. The first kappa shape index (κ1) is 39.1. The summed E-state index contributed by atoms with van der Waals surface area (Å²) in [7, 11) is 0. The van der Waals surface area contributed by atoms with Gasteiger partial charge in [-0.15, -0.1) is 11.3 Å². The van der Waals surface area contributed by atoms with E-state index in [0.29, 0.717) is 0 Å². The maximum absolute atomic E-state index is 2.74. The van der Waals surface area contributed by atoms with Crippen molar-refractivity contribution in [3.63, 3.8) is 0 Å². The van der Waals surface area contributed by atoms with Crippen molar-refractivity contribution in [1.29, 1.82) is 0 Å². The van der Waals surface area contributed by atoms with Crippen molar-refractivity contribution in [2.45, 2.75) is 65.2 Å². The monoisotopic (exact) mass is 879 g/mol. The Bertz CT molecular complexity index is 3930. The SMILES string of the molecule is CCCCCc1ccc(N2B3c4cc(CCCCC)ccc4-n4c5ccccc5c5c(-n6c7ccccc7c7ccccc76)cc(c3c54)-c3cc4sc5cc6ccccc6cc5c4cc32)cc1. The summed E-state index contributed by atoms with van der Waals surface area (Å²) in [5.74, 6) is 0. The lowest BCUT2D eigenvalue weighted by atomic mass is 9.43. The third-order valence-corrected chi connectivity index (χ3v) is 16.4. The first-order valence-corrected chi connectivity index (χ1v) is 25.5. The minimum absolute atomic E-state index is 0.0516. The standard InChI is InChI=1S/C62H50BN3S/c1-3-5-7-17-39-27-30-43(31-28-39)66-56-36-49-48-34-41-19-9-10-20-42(41)35-58(48)67-59(49)38-47(56)50-37-57(64-52-24-14-11-21-44(52)45-22-12-15-25-53(45)64)60-46-23-13-16-26-54(46)65-55-32-29-40(18-8-6-4-2)33-51(55)63(66)61(50)62(60)65/h9-16,19-38H,3-8,17-18H2,1-2H3. The number of nitrogens with zero attached hydrogens (tertiary/aromatic N) is 3. The number of unbranched alkanes of at least 4 members (excludes halogenated alkanes) is 4. The minimum atomic E-state index is -0.0516. The fourth-order valence-electron chi connectivity index (χ4n) is 12.2. The number of rotatable bonds is 10. The maximum Gasteiger partial charge on any atom is 0.333 e. The normalized spacial score (nSPS) is 13.0. The summed E-state index contributed by atoms with van der Waals surface area (Å²) in [6.07, 6.45) is 9.57. The van der Waals surface area contributed by atoms with Crippen molar-refractivity contribution >= 4 is 115 Å². The minimum Gasteiger partial charge on any atom is -0.376 e. The molecule has 0 N–H and O–H groups in total. The summed E-state index contributed by atoms with van der Waals surface area (Å²) in [5, 5.41) is 10.4. The summed E-state index contributed by atoms with van der Waals surface area (Å²) in [5.41, 5.74) is 18.3. The van der Waals surface area contributed by atoms with Gasteiger partial charge in [-0.2, -0.15) is 0 Å². The van der Waals surface area contributed by atoms with E-state index in [1.54, 1.807) is 0 Å². The zero-order valence-corrected chi connectivity index (χ0v) is 39.0. The third kappa shape index (κ3) is 5.77. The molecule has 0 unspecified atom stereocenters. The Kier molecular flexibility index (Phi) is 8.90. The van der Waals surface area contributed by atoms with Crippen LogP contribution in [-0.4, -0.2) is 16.0 Å². The van der Waals surface area contributed by atoms with Crippen LogP contribution in [-0.2, 0) is 12.8 Å². The van der Waals surface area contributed by atoms with Gasteiger partial charge in [0, 0.05) is 64.3 Å². The number of benzene rings is 9. The number of hydrogen-bond acceptors (Lipinski definition) is 2. The van der Waals surface area contributed by atoms with Crippen LogP contribution in [0.4, 0.5) is 11.4 Å². The molecule has 12 aromatic rings. The summed E-state index contributed by atoms with van der Waals surface area (Å²) in [6, 6.07) is 65.7. The van der Waals surface area contributed by atoms with Gasteiger partial charge in [-0.25, -0.2) is 0 Å². The second-order valence-electron chi connectivity index (χ2n) is 19.2. The number of fused-ring (bicyclic) bond motifs is 15. The molecule has 0 aliphatic carbocycles. The summed E-state index contributed by atoms with van der Waals surface area (Å²) in [4.78, 5) is 2.74. The maximum atomic E-state index is 2.74. The van der Waals surface area contributed by atoms with Crippen LogP contribution in [0.15, 0.2) is 170 Å². The Morgan fingerprint density at radius 1 is 0.448 bits per heavy atom. The number of aryl methyl sites for hydroxylation is 2. The van der Waals surface area contributed by atoms with E-state index in [9.17, 15) is 0 Å². The van der Waals surface area contributed by atoms with Gasteiger partial charge in [-0.3, -0.25) is 0 Å². The Morgan fingerprint density at radius 3 is 1.76 bits per heavy atom. The molecule has 2 aliphatic rings. The van der Waals surface area contributed by atoms with Crippen molar-refractivity contribution in [2.24, 2.45) is 0 Å². The van der Waals surface area contributed by atoms with Crippen LogP contribution >= 0.6 is 11.3 Å². The smallest absolute Gasteiger partial charge is 0.333 e. The van der Waals surface area contributed by atoms with Gasteiger partial charge in [0.25, 0.3) is 0 Å². The first-order chi connectivity index (χ1) is 33.2. The molecule has 322 valence electrons. The molecule has 0 bridgehead atoms. The predicted octanol–water partition coefficient (Wildman–Crippen LogP) is 16.1. The highest BCUT2D eigenvalue weighted by Crippen LogP contribution is 2.51. The van der Waals surface area contributed by atoms with Gasteiger partial charge in [0.15, 0.2) is 0 Å². The fourth-order valence-corrected chi connectivity index (χ4v) is 13.4. The molecule has 5 heterocycles. The van der Waals surface area contributed by atoms with Gasteiger partial charge in [0.1, 0.15) is 0 Å². The third-order valence-electron chi connectivity index (χ3n) is 15.3. The Hall–Kier alpha value is -7.08. The molecule has 3 aromatic heterocycles. The fraction of sp³-hybridized carbons (Fsp3) is 0.161. The van der Waals surface area contributed by atoms with Crippen LogP contribution in [0.2, 0.25) is 0 Å². The number of para-hydroxylation sites is 3. The molecule has 9 aromatic carbocycles. The van der Waals surface area contributed by atoms with Crippen molar-refractivity contribution in [3.05, 3.63) is 181 Å². The summed E-state index contributed by atoms with van der Waals surface area (Å²) in [6.45, 7) is 4.55. The van der Waals surface area contributed by atoms with Crippen molar-refractivity contribution in [3.8, 4) is 22.5 Å². The van der Waals surface area contributed by atoms with Gasteiger partial charge in [0.2, 0.25) is 0 Å². The highest BCUT2D eigenvalue weighted by Gasteiger charge is 2.45. The van der Waals surface area contributed by atoms with Gasteiger partial charge < -0.3 is 13.9 Å². The molecule has 0 amide bonds. The molecule has 2 aliphatic heterocycles. The lowest BCUT2D eigenvalue weighted by Gasteiger charge is -2.42. The number of thiophene rings is 1. The van der Waals surface area contributed by atoms with Crippen molar-refractivity contribution < 1.29 is 0 Å². The quantitative estimate of drug-likeness (QED) is 0.0985. The molecule has 14 rings (SSSR count). The summed E-state index contributed by atoms with van der Waals surface area (Å²) < 4.78 is 7.88. The molecular weight excluding hydrogens is 830 g/mol. The van der Waals surface area contributed by atoms with E-state index in [2.05, 4.69) is 198 Å². The number of aromatic nitrogens is 2. The number of anilines is 2. The van der Waals surface area contributed by atoms with E-state index in [1.807, 2.05) is 11.3 Å². The largest absolute Gasteiger partial charge is 0.376 e. The van der Waals surface area contributed by atoms with E-state index < -0.39 is 0 Å². The first-order valence-electron chi connectivity index (χ1n) is 24.7. The van der Waals surface area contributed by atoms with Crippen LogP contribution in [0, 0.1) is 0 Å². The molecule has 67 heavy (non-hydrogen) atoms. The second-order valence-corrected chi connectivity index (χ2v) is 20.3. The van der Waals surface area contributed by atoms with E-state index in [0.717, 1.165) is 12.8 Å². The van der Waals surface area contributed by atoms with E-state index in [-0.39, 0.29) is 6.85 Å². The lowest BCUT2D eigenvalue weighted by Crippen LogP contribution is -2.60. The molecule has 5 heteroatoms. The zero-order chi connectivity index (χ0) is 44.3. The van der Waals surface area contributed by atoms with E-state index in [1.165, 1.54) is 169 Å². The Morgan fingerprint density at radius 2 is 1.04 bits per heavy atom. The molecule has 0 saturated heterocycles. The van der Waals surface area contributed by atoms with Gasteiger partial charge in [-0.1, -0.05) is 143 Å². The summed E-state index contributed by atoms with van der Waals surface area (Å²) >= 11 is 1.93. The van der Waals surface area contributed by atoms with Gasteiger partial charge >= 0.3 is 6.85 Å². The molecule has 3 nitrogen and oxygen atoms in total. The average molecular weight is 880 g/mol. The molecule has 0 atom stereocenters. The highest BCUT2D eigenvalue weighted by atomic mass is 32.1. The average Bonchev–Trinajstić information content (AvgIpc) is 4.02. The van der Waals surface area contributed by atoms with Crippen LogP contribution in [0.1, 0.15) is 63.5 Å². The van der Waals surface area contributed by atoms with Crippen molar-refractivity contribution in [2.75, 3.05) is 4.81 Å². The number of hydrogen-bond donors (Lipinski definition) is 0. The predicted molar refractivity (Wildman–Crippen MR) is 291 cm³/mol. The van der Waals surface area contributed by atoms with Crippen LogP contribution < -0.4 is 15.7 Å². The highest BCUT2D eigenvalue weighted by molar-refractivity contribution is 7.26. The topological polar surface area (TPSA) is 13.1 Å². The Labute approximate surface area is 395 Å². The lowest BCUT2D eigenvalue weighted by molar-refractivity contribution is 0.717. The van der Waals surface area contributed by atoms with E-state index in [4.69, 9.17) is 0 Å². The second kappa shape index (κ2) is 15.2. The Balaban J connectivity index is 1.14. The van der Waals surface area contributed by atoms with Crippen molar-refractivity contribution in [1.82, 2.24) is 9.13 Å². The van der Waals surface area contributed by atoms with Gasteiger partial charge in [0.05, 0.1) is 27.8 Å². The van der Waals surface area contributed by atoms with Crippen LogP contribution in [0.25, 0.3) is 97.1 Å².